The predicted molar refractivity (Wildman–Crippen MR) is 73.9 cm³/mol. The Labute approximate surface area is 111 Å². The summed E-state index contributed by atoms with van der Waals surface area (Å²) in [6.07, 6.45) is 0.348. The van der Waals surface area contributed by atoms with Crippen LogP contribution in [0.1, 0.15) is 12.0 Å². The molecule has 2 rings (SSSR count). The molecule has 1 fully saturated rings. The predicted octanol–water partition coefficient (Wildman–Crippen LogP) is 2.49. The monoisotopic (exact) mass is 264 g/mol. The highest BCUT2D eigenvalue weighted by Gasteiger charge is 2.21. The molecule has 2 amide bonds. The van der Waals surface area contributed by atoms with Crippen molar-refractivity contribution >= 4 is 28.6 Å². The standard InChI is InChI=1S/C13H16N2O2S/c1-10-4-2-3-5-11(10)14-12(16)6-7-15-8-9-18-13(15)17/h2-5H,6-9H2,1H3,(H,14,16). The first-order valence-electron chi connectivity index (χ1n) is 5.94. The Kier molecular flexibility index (Phi) is 4.25. The van der Waals surface area contributed by atoms with Gasteiger partial charge in [0.2, 0.25) is 5.91 Å². The maximum Gasteiger partial charge on any atom is 0.281 e. The summed E-state index contributed by atoms with van der Waals surface area (Å²) in [6.45, 7) is 3.21. The minimum absolute atomic E-state index is 0.0472. The number of amides is 2. The van der Waals surface area contributed by atoms with Crippen molar-refractivity contribution in [1.82, 2.24) is 4.90 Å². The van der Waals surface area contributed by atoms with Crippen molar-refractivity contribution in [2.45, 2.75) is 13.3 Å². The van der Waals surface area contributed by atoms with E-state index in [-0.39, 0.29) is 11.1 Å². The fourth-order valence-electron chi connectivity index (χ4n) is 1.79. The summed E-state index contributed by atoms with van der Waals surface area (Å²) in [5.74, 6) is 0.784. The van der Waals surface area contributed by atoms with Crippen molar-refractivity contribution < 1.29 is 9.59 Å². The second-order valence-electron chi connectivity index (χ2n) is 4.21. The lowest BCUT2D eigenvalue weighted by atomic mass is 10.2. The molecule has 0 saturated carbocycles. The number of anilines is 1. The lowest BCUT2D eigenvalue weighted by molar-refractivity contribution is -0.116. The molecule has 1 aromatic carbocycles. The second kappa shape index (κ2) is 5.91. The summed E-state index contributed by atoms with van der Waals surface area (Å²) in [6, 6.07) is 7.66. The van der Waals surface area contributed by atoms with E-state index in [4.69, 9.17) is 0 Å². The Morgan fingerprint density at radius 1 is 1.44 bits per heavy atom. The minimum atomic E-state index is -0.0472. The molecule has 0 spiro atoms. The van der Waals surface area contributed by atoms with Crippen LogP contribution >= 0.6 is 11.8 Å². The first-order chi connectivity index (χ1) is 8.66. The number of aryl methyl sites for hydroxylation is 1. The van der Waals surface area contributed by atoms with E-state index < -0.39 is 0 Å². The molecule has 4 nitrogen and oxygen atoms in total. The lowest BCUT2D eigenvalue weighted by Gasteiger charge is -2.14. The van der Waals surface area contributed by atoms with Crippen LogP contribution in [0.2, 0.25) is 0 Å². The molecule has 1 aromatic rings. The molecule has 0 radical (unpaired) electrons. The maximum atomic E-state index is 11.8. The molecular weight excluding hydrogens is 248 g/mol. The van der Waals surface area contributed by atoms with Crippen molar-refractivity contribution in [2.24, 2.45) is 0 Å². The summed E-state index contributed by atoms with van der Waals surface area (Å²) in [5.41, 5.74) is 1.88. The summed E-state index contributed by atoms with van der Waals surface area (Å²) >= 11 is 1.32. The van der Waals surface area contributed by atoms with E-state index in [9.17, 15) is 9.59 Å². The van der Waals surface area contributed by atoms with Gasteiger partial charge in [-0.15, -0.1) is 0 Å². The van der Waals surface area contributed by atoms with Gasteiger partial charge in [-0.3, -0.25) is 9.59 Å². The van der Waals surface area contributed by atoms with Crippen LogP contribution in [0.15, 0.2) is 24.3 Å². The molecule has 0 aromatic heterocycles. The third-order valence-corrected chi connectivity index (χ3v) is 3.76. The molecule has 1 N–H and O–H groups in total. The van der Waals surface area contributed by atoms with Gasteiger partial charge in [-0.05, 0) is 18.6 Å². The fraction of sp³-hybridized carbons (Fsp3) is 0.385. The minimum Gasteiger partial charge on any atom is -0.332 e. The Morgan fingerprint density at radius 2 is 2.22 bits per heavy atom. The fourth-order valence-corrected chi connectivity index (χ4v) is 2.64. The van der Waals surface area contributed by atoms with Gasteiger partial charge in [-0.1, -0.05) is 30.0 Å². The van der Waals surface area contributed by atoms with Gasteiger partial charge >= 0.3 is 0 Å². The topological polar surface area (TPSA) is 49.4 Å². The Bertz CT molecular complexity index is 462. The second-order valence-corrected chi connectivity index (χ2v) is 5.26. The SMILES string of the molecule is Cc1ccccc1NC(=O)CCN1CCSC1=O. The number of benzene rings is 1. The van der Waals surface area contributed by atoms with Crippen molar-refractivity contribution in [1.29, 1.82) is 0 Å². The number of rotatable bonds is 4. The number of carbonyl (C=O) groups is 2. The molecule has 1 aliphatic heterocycles. The van der Waals surface area contributed by atoms with E-state index in [1.54, 1.807) is 4.90 Å². The highest BCUT2D eigenvalue weighted by molar-refractivity contribution is 8.13. The molecule has 0 bridgehead atoms. The van der Waals surface area contributed by atoms with Gasteiger partial charge in [0, 0.05) is 31.0 Å². The van der Waals surface area contributed by atoms with Crippen LogP contribution < -0.4 is 5.32 Å². The average Bonchev–Trinajstić information content (AvgIpc) is 2.75. The zero-order valence-electron chi connectivity index (χ0n) is 10.3. The average molecular weight is 264 g/mol. The molecule has 96 valence electrons. The molecule has 1 saturated heterocycles. The van der Waals surface area contributed by atoms with Crippen molar-refractivity contribution in [3.63, 3.8) is 0 Å². The summed E-state index contributed by atoms with van der Waals surface area (Å²) < 4.78 is 0. The van der Waals surface area contributed by atoms with Crippen LogP contribution in [0.25, 0.3) is 0 Å². The number of para-hydroxylation sites is 1. The molecule has 0 aliphatic carbocycles. The van der Waals surface area contributed by atoms with Gasteiger partial charge in [0.15, 0.2) is 0 Å². The van der Waals surface area contributed by atoms with E-state index in [0.717, 1.165) is 23.5 Å². The number of thioether (sulfide) groups is 1. The quantitative estimate of drug-likeness (QED) is 0.909. The molecule has 1 aliphatic rings. The van der Waals surface area contributed by atoms with Crippen LogP contribution in [-0.2, 0) is 4.79 Å². The van der Waals surface area contributed by atoms with Gasteiger partial charge in [-0.2, -0.15) is 0 Å². The van der Waals surface area contributed by atoms with Crippen LogP contribution in [0.3, 0.4) is 0 Å². The molecule has 1 heterocycles. The van der Waals surface area contributed by atoms with Crippen LogP contribution in [0, 0.1) is 6.92 Å². The van der Waals surface area contributed by atoms with E-state index >= 15 is 0 Å². The Morgan fingerprint density at radius 3 is 2.89 bits per heavy atom. The van der Waals surface area contributed by atoms with Gasteiger partial charge in [0.25, 0.3) is 5.24 Å². The van der Waals surface area contributed by atoms with Gasteiger partial charge < -0.3 is 10.2 Å². The van der Waals surface area contributed by atoms with E-state index in [1.165, 1.54) is 11.8 Å². The lowest BCUT2D eigenvalue weighted by Crippen LogP contribution is -2.27. The Balaban J connectivity index is 1.82. The number of hydrogen-bond acceptors (Lipinski definition) is 3. The highest BCUT2D eigenvalue weighted by atomic mass is 32.2. The largest absolute Gasteiger partial charge is 0.332 e. The van der Waals surface area contributed by atoms with Crippen molar-refractivity contribution in [3.05, 3.63) is 29.8 Å². The summed E-state index contributed by atoms with van der Waals surface area (Å²) in [7, 11) is 0. The number of nitrogens with zero attached hydrogens (tertiary/aromatic N) is 1. The number of carbonyl (C=O) groups excluding carboxylic acids is 2. The zero-order chi connectivity index (χ0) is 13.0. The van der Waals surface area contributed by atoms with E-state index in [1.807, 2.05) is 31.2 Å². The normalized spacial score (nSPS) is 14.9. The maximum absolute atomic E-state index is 11.8. The molecule has 5 heteroatoms. The number of hydrogen-bond donors (Lipinski definition) is 1. The van der Waals surface area contributed by atoms with Gasteiger partial charge in [0.05, 0.1) is 0 Å². The number of nitrogens with one attached hydrogen (secondary N) is 1. The van der Waals surface area contributed by atoms with E-state index in [2.05, 4.69) is 5.32 Å². The third kappa shape index (κ3) is 3.26. The Hall–Kier alpha value is -1.49. The highest BCUT2D eigenvalue weighted by Crippen LogP contribution is 2.18. The molecule has 0 atom stereocenters. The van der Waals surface area contributed by atoms with Crippen LogP contribution in [-0.4, -0.2) is 34.9 Å². The molecular formula is C13H16N2O2S. The summed E-state index contributed by atoms with van der Waals surface area (Å²) in [4.78, 5) is 24.9. The first-order valence-corrected chi connectivity index (χ1v) is 6.92. The van der Waals surface area contributed by atoms with Crippen LogP contribution in [0.5, 0.6) is 0 Å². The third-order valence-electron chi connectivity index (χ3n) is 2.87. The zero-order valence-corrected chi connectivity index (χ0v) is 11.1. The van der Waals surface area contributed by atoms with Gasteiger partial charge in [-0.25, -0.2) is 0 Å². The summed E-state index contributed by atoms with van der Waals surface area (Å²) in [5, 5.41) is 2.95. The molecule has 18 heavy (non-hydrogen) atoms. The first kappa shape index (κ1) is 13.0. The van der Waals surface area contributed by atoms with Crippen molar-refractivity contribution in [2.75, 3.05) is 24.2 Å². The molecule has 0 unspecified atom stereocenters. The van der Waals surface area contributed by atoms with Gasteiger partial charge in [0.1, 0.15) is 0 Å². The van der Waals surface area contributed by atoms with Crippen LogP contribution in [0.4, 0.5) is 10.5 Å². The van der Waals surface area contributed by atoms with E-state index in [0.29, 0.717) is 13.0 Å². The smallest absolute Gasteiger partial charge is 0.281 e. The van der Waals surface area contributed by atoms with Crippen molar-refractivity contribution in [3.8, 4) is 0 Å².